The summed E-state index contributed by atoms with van der Waals surface area (Å²) in [6.07, 6.45) is 4.37. The molecule has 2 heterocycles. The third-order valence-electron chi connectivity index (χ3n) is 6.49. The molecule has 1 aliphatic carbocycles. The van der Waals surface area contributed by atoms with E-state index in [1.807, 2.05) is 36.9 Å². The molecule has 6 heteroatoms. The molecule has 0 unspecified atom stereocenters. The monoisotopic (exact) mass is 480 g/mol. The largest absolute Gasteiger partial charge is 0.449 e. The van der Waals surface area contributed by atoms with E-state index in [-0.39, 0.29) is 11.5 Å². The number of anilines is 1. The van der Waals surface area contributed by atoms with Gasteiger partial charge in [0.1, 0.15) is 11.4 Å². The minimum absolute atomic E-state index is 0.300. The maximum atomic E-state index is 13.2. The molecule has 3 aliphatic rings. The van der Waals surface area contributed by atoms with Crippen molar-refractivity contribution in [3.63, 3.8) is 0 Å². The quantitative estimate of drug-likeness (QED) is 0.603. The Hall–Kier alpha value is -1.41. The first-order chi connectivity index (χ1) is 13.0. The van der Waals surface area contributed by atoms with E-state index in [9.17, 15) is 9.59 Å². The molecule has 4 rings (SSSR count). The van der Waals surface area contributed by atoms with Crippen LogP contribution in [0, 0.1) is 0 Å². The molecule has 0 bridgehead atoms. The molecule has 27 heavy (non-hydrogen) atoms. The van der Waals surface area contributed by atoms with Gasteiger partial charge >= 0.3 is 6.09 Å². The maximum Gasteiger partial charge on any atom is 0.415 e. The zero-order chi connectivity index (χ0) is 19.2. The molecule has 1 aromatic carbocycles. The second kappa shape index (κ2) is 6.88. The number of rotatable bonds is 3. The highest BCUT2D eigenvalue weighted by Crippen LogP contribution is 2.64. The van der Waals surface area contributed by atoms with Crippen LogP contribution in [0.5, 0.6) is 0 Å². The molecule has 1 saturated heterocycles. The van der Waals surface area contributed by atoms with Crippen LogP contribution in [0.4, 0.5) is 10.5 Å². The van der Waals surface area contributed by atoms with Crippen molar-refractivity contribution in [1.29, 1.82) is 0 Å². The third-order valence-corrected chi connectivity index (χ3v) is 7.45. The first kappa shape index (κ1) is 18.9. The van der Waals surface area contributed by atoms with Crippen molar-refractivity contribution in [1.82, 2.24) is 4.90 Å². The fourth-order valence-electron chi connectivity index (χ4n) is 5.49. The summed E-state index contributed by atoms with van der Waals surface area (Å²) in [5, 5.41) is 0. The molecule has 0 spiro atoms. The van der Waals surface area contributed by atoms with Gasteiger partial charge in [0.05, 0.1) is 12.3 Å². The fraction of sp³-hybridized carbons (Fsp3) is 0.524. The van der Waals surface area contributed by atoms with Crippen molar-refractivity contribution < 1.29 is 14.3 Å². The highest BCUT2D eigenvalue weighted by Gasteiger charge is 2.71. The number of amides is 1. The van der Waals surface area contributed by atoms with E-state index in [1.165, 1.54) is 3.58 Å². The Balaban J connectivity index is 1.93. The molecular formula is C21H25IN2O3. The molecule has 2 atom stereocenters. The zero-order valence-corrected chi connectivity index (χ0v) is 18.0. The number of allylic oxidation sites excluding steroid dienone is 1. The van der Waals surface area contributed by atoms with Gasteiger partial charge in [0, 0.05) is 34.9 Å². The van der Waals surface area contributed by atoms with Crippen molar-refractivity contribution in [2.75, 3.05) is 24.6 Å². The number of Topliss-reactive ketones (excluding diaryl/α,β-unsaturated/α-hetero) is 1. The predicted molar refractivity (Wildman–Crippen MR) is 113 cm³/mol. The van der Waals surface area contributed by atoms with Gasteiger partial charge in [0.15, 0.2) is 0 Å². The smallest absolute Gasteiger partial charge is 0.415 e. The summed E-state index contributed by atoms with van der Waals surface area (Å²) >= 11 is 2.37. The average molecular weight is 480 g/mol. The first-order valence-electron chi connectivity index (χ1n) is 9.64. The van der Waals surface area contributed by atoms with Crippen LogP contribution < -0.4 is 4.90 Å². The van der Waals surface area contributed by atoms with Crippen LogP contribution in [0.1, 0.15) is 45.1 Å². The number of ketones is 1. The molecule has 0 aromatic heterocycles. The molecule has 2 aliphatic heterocycles. The highest BCUT2D eigenvalue weighted by atomic mass is 127. The van der Waals surface area contributed by atoms with Gasteiger partial charge in [-0.15, -0.1) is 0 Å². The normalized spacial score (nSPS) is 30.1. The van der Waals surface area contributed by atoms with E-state index >= 15 is 0 Å². The Morgan fingerprint density at radius 3 is 2.85 bits per heavy atom. The van der Waals surface area contributed by atoms with Crippen LogP contribution in [0.3, 0.4) is 0 Å². The van der Waals surface area contributed by atoms with Crippen molar-refractivity contribution >= 4 is 40.2 Å². The summed E-state index contributed by atoms with van der Waals surface area (Å²) < 4.78 is 6.74. The number of hydrogen-bond donors (Lipinski definition) is 0. The number of fused-ring (bicyclic) bond motifs is 1. The van der Waals surface area contributed by atoms with Gasteiger partial charge in [-0.1, -0.05) is 24.3 Å². The maximum absolute atomic E-state index is 13.2. The van der Waals surface area contributed by atoms with Crippen molar-refractivity contribution in [2.24, 2.45) is 0 Å². The van der Waals surface area contributed by atoms with Crippen LogP contribution in [-0.4, -0.2) is 42.1 Å². The number of carbonyl (C=O) groups excluding carboxylic acids is 2. The summed E-state index contributed by atoms with van der Waals surface area (Å²) in [6, 6.07) is 8.09. The van der Waals surface area contributed by atoms with Gasteiger partial charge in [0.25, 0.3) is 0 Å². The Kier molecular flexibility index (Phi) is 4.83. The summed E-state index contributed by atoms with van der Waals surface area (Å²) in [5.41, 5.74) is 1.18. The number of para-hydroxylation sites is 1. The summed E-state index contributed by atoms with van der Waals surface area (Å²) in [6.45, 7) is 5.88. The van der Waals surface area contributed by atoms with Crippen LogP contribution in [-0.2, 0) is 14.9 Å². The number of nitrogens with zero attached hydrogens (tertiary/aromatic N) is 2. The molecule has 5 nitrogen and oxygen atoms in total. The number of likely N-dealkylation sites (tertiary alicyclic amines) is 1. The molecule has 0 radical (unpaired) electrons. The standard InChI is InChI=1S/C21H25IN2O3/c1-3-15(22)14-23-12-11-20-13-16(25)9-10-21(20,23)24(19(26)27-4-2)18-8-6-5-7-17(18)20/h3,5-8H,4,9-14H2,1-2H3/b15-3-/t20-,21-/m1/s1. The zero-order valence-electron chi connectivity index (χ0n) is 15.8. The van der Waals surface area contributed by atoms with Gasteiger partial charge in [0.2, 0.25) is 0 Å². The van der Waals surface area contributed by atoms with Crippen molar-refractivity contribution in [3.8, 4) is 0 Å². The van der Waals surface area contributed by atoms with Crippen LogP contribution in [0.25, 0.3) is 0 Å². The average Bonchev–Trinajstić information content (AvgIpc) is 3.10. The number of ether oxygens (including phenoxy) is 1. The van der Waals surface area contributed by atoms with Crippen LogP contribution >= 0.6 is 22.6 Å². The molecular weight excluding hydrogens is 455 g/mol. The van der Waals surface area contributed by atoms with Gasteiger partial charge in [-0.25, -0.2) is 4.79 Å². The van der Waals surface area contributed by atoms with Crippen molar-refractivity contribution in [3.05, 3.63) is 39.5 Å². The number of carbonyl (C=O) groups is 2. The van der Waals surface area contributed by atoms with Gasteiger partial charge in [-0.3, -0.25) is 14.6 Å². The summed E-state index contributed by atoms with van der Waals surface area (Å²) in [4.78, 5) is 30.0. The molecule has 0 N–H and O–H groups in total. The fourth-order valence-corrected chi connectivity index (χ4v) is 5.90. The Morgan fingerprint density at radius 1 is 1.33 bits per heavy atom. The van der Waals surface area contributed by atoms with Gasteiger partial charge < -0.3 is 4.74 Å². The van der Waals surface area contributed by atoms with E-state index < -0.39 is 5.66 Å². The molecule has 2 fully saturated rings. The number of halogens is 1. The Morgan fingerprint density at radius 2 is 2.11 bits per heavy atom. The topological polar surface area (TPSA) is 49.9 Å². The molecule has 1 amide bonds. The van der Waals surface area contributed by atoms with E-state index in [0.717, 1.165) is 30.8 Å². The molecule has 1 aromatic rings. The molecule has 144 valence electrons. The lowest BCUT2D eigenvalue weighted by molar-refractivity contribution is -0.125. The lowest BCUT2D eigenvalue weighted by Gasteiger charge is -2.51. The second-order valence-corrected chi connectivity index (χ2v) is 8.96. The lowest BCUT2D eigenvalue weighted by Crippen LogP contribution is -2.67. The van der Waals surface area contributed by atoms with E-state index in [1.54, 1.807) is 0 Å². The number of benzene rings is 1. The van der Waals surface area contributed by atoms with Gasteiger partial charge in [-0.05, 0) is 60.9 Å². The highest BCUT2D eigenvalue weighted by molar-refractivity contribution is 14.1. The third kappa shape index (κ3) is 2.52. The van der Waals surface area contributed by atoms with Crippen LogP contribution in [0.2, 0.25) is 0 Å². The lowest BCUT2D eigenvalue weighted by atomic mass is 9.63. The summed E-state index contributed by atoms with van der Waals surface area (Å²) in [7, 11) is 0. The second-order valence-electron chi connectivity index (χ2n) is 7.57. The first-order valence-corrected chi connectivity index (χ1v) is 10.7. The van der Waals surface area contributed by atoms with E-state index in [0.29, 0.717) is 31.7 Å². The molecule has 1 saturated carbocycles. The predicted octanol–water partition coefficient (Wildman–Crippen LogP) is 4.39. The minimum atomic E-state index is -0.518. The Labute approximate surface area is 173 Å². The minimum Gasteiger partial charge on any atom is -0.449 e. The Bertz CT molecular complexity index is 823. The van der Waals surface area contributed by atoms with E-state index in [2.05, 4.69) is 39.6 Å². The van der Waals surface area contributed by atoms with Gasteiger partial charge in [-0.2, -0.15) is 0 Å². The van der Waals surface area contributed by atoms with E-state index in [4.69, 9.17) is 4.74 Å². The number of hydrogen-bond acceptors (Lipinski definition) is 4. The van der Waals surface area contributed by atoms with Crippen LogP contribution in [0.15, 0.2) is 33.9 Å². The SMILES string of the molecule is C/C=C(\I)CN1CC[C@]23CC(=O)CC[C@]12N(C(=O)OCC)c1ccccc13. The summed E-state index contributed by atoms with van der Waals surface area (Å²) in [5.74, 6) is 0.300. The van der Waals surface area contributed by atoms with Crippen molar-refractivity contribution in [2.45, 2.75) is 50.6 Å².